The molecule has 2 aromatic rings. The minimum Gasteiger partial charge on any atom is -0.495 e. The fraction of sp³-hybridized carbons (Fsp3) is 0.564. The number of benzene rings is 2. The highest BCUT2D eigenvalue weighted by Crippen LogP contribution is 2.49. The van der Waals surface area contributed by atoms with Crippen LogP contribution in [0.3, 0.4) is 0 Å². The van der Waals surface area contributed by atoms with E-state index in [2.05, 4.69) is 21.3 Å². The monoisotopic (exact) mass is 1140 g/mol. The highest BCUT2D eigenvalue weighted by Gasteiger charge is 2.64. The third-order valence-electron chi connectivity index (χ3n) is 14.7. The van der Waals surface area contributed by atoms with Gasteiger partial charge in [-0.15, -0.1) is 0 Å². The Morgan fingerprint density at radius 1 is 1.05 bits per heavy atom. The lowest BCUT2D eigenvalue weighted by molar-refractivity contribution is -0.162. The molecule has 3 heterocycles. The summed E-state index contributed by atoms with van der Waals surface area (Å²) in [6.07, 6.45) is -0.239. The molecule has 9 N–H and O–H groups in total. The van der Waals surface area contributed by atoms with Crippen molar-refractivity contribution < 1.29 is 71.9 Å². The van der Waals surface area contributed by atoms with Gasteiger partial charge in [0.05, 0.1) is 31.4 Å². The first-order valence-electron chi connectivity index (χ1n) is 26.3. The zero-order chi connectivity index (χ0) is 59.4. The Morgan fingerprint density at radius 2 is 1.74 bits per heavy atom. The van der Waals surface area contributed by atoms with Crippen LogP contribution in [-0.4, -0.2) is 165 Å². The maximum Gasteiger partial charge on any atom is 0.409 e. The molecule has 0 unspecified atom stereocenters. The Morgan fingerprint density at radius 3 is 2.38 bits per heavy atom. The Balaban J connectivity index is 1.23. The van der Waals surface area contributed by atoms with Crippen molar-refractivity contribution in [2.45, 2.75) is 141 Å². The minimum atomic E-state index is -1.90. The third kappa shape index (κ3) is 16.6. The summed E-state index contributed by atoms with van der Waals surface area (Å²) in [5.41, 5.74) is 10.8. The van der Waals surface area contributed by atoms with Gasteiger partial charge in [-0.25, -0.2) is 19.2 Å². The number of urea groups is 1. The number of esters is 1. The molecule has 0 aliphatic carbocycles. The van der Waals surface area contributed by atoms with Crippen LogP contribution in [0.4, 0.5) is 25.8 Å². The first-order chi connectivity index (χ1) is 37.6. The zero-order valence-corrected chi connectivity index (χ0v) is 48.0. The van der Waals surface area contributed by atoms with E-state index in [1.165, 1.54) is 52.1 Å². The Labute approximate surface area is 471 Å². The Bertz CT molecular complexity index is 2660. The van der Waals surface area contributed by atoms with Gasteiger partial charge in [0, 0.05) is 65.8 Å². The van der Waals surface area contributed by atoms with Crippen LogP contribution in [0.1, 0.15) is 84.8 Å². The van der Waals surface area contributed by atoms with E-state index in [-0.39, 0.29) is 49.9 Å². The van der Waals surface area contributed by atoms with Crippen molar-refractivity contribution in [2.24, 2.45) is 23.3 Å². The van der Waals surface area contributed by atoms with E-state index in [0.717, 1.165) is 16.0 Å². The van der Waals surface area contributed by atoms with Crippen LogP contribution in [0.25, 0.3) is 0 Å². The number of ether oxygens (including phenoxy) is 6. The molecule has 2 fully saturated rings. The molecule has 80 heavy (non-hydrogen) atoms. The highest BCUT2D eigenvalue weighted by atomic mass is 35.5. The lowest BCUT2D eigenvalue weighted by Gasteiger charge is -2.42. The summed E-state index contributed by atoms with van der Waals surface area (Å²) in [7, 11) is 7.24. The average Bonchev–Trinajstić information content (AvgIpc) is 4.25. The van der Waals surface area contributed by atoms with E-state index < -0.39 is 114 Å². The van der Waals surface area contributed by atoms with Crippen LogP contribution in [0.5, 0.6) is 5.75 Å². The van der Waals surface area contributed by atoms with Crippen molar-refractivity contribution in [3.63, 3.8) is 0 Å². The van der Waals surface area contributed by atoms with Crippen molar-refractivity contribution in [2.75, 3.05) is 58.7 Å². The van der Waals surface area contributed by atoms with Gasteiger partial charge in [-0.2, -0.15) is 0 Å². The fourth-order valence-corrected chi connectivity index (χ4v) is 9.59. The number of primary amides is 1. The number of hydrogen-bond acceptors (Lipinski definition) is 16. The summed E-state index contributed by atoms with van der Waals surface area (Å²) in [5.74, 6) is -3.39. The number of epoxide rings is 1. The van der Waals surface area contributed by atoms with Gasteiger partial charge < -0.3 is 75.6 Å². The number of hydrogen-bond donors (Lipinski definition) is 7. The van der Waals surface area contributed by atoms with Gasteiger partial charge >= 0.3 is 24.2 Å². The summed E-state index contributed by atoms with van der Waals surface area (Å²) in [6.45, 7) is 10.3. The summed E-state index contributed by atoms with van der Waals surface area (Å²) >= 11 is 6.82. The number of carbonyl (C=O) groups excluding carboxylic acids is 8. The number of fused-ring (bicyclic) bond motifs is 5. The number of nitrogens with zero attached hydrogens (tertiary/aromatic N) is 3. The highest BCUT2D eigenvalue weighted by molar-refractivity contribution is 6.35. The smallest absolute Gasteiger partial charge is 0.409 e. The average molecular weight is 1140 g/mol. The van der Waals surface area contributed by atoms with Gasteiger partial charge in [-0.1, -0.05) is 68.3 Å². The molecule has 3 aliphatic heterocycles. The minimum absolute atomic E-state index is 0.0930. The molecule has 24 nitrogen and oxygen atoms in total. The molecular weight excluding hydrogens is 1060 g/mol. The molecule has 5 rings (SSSR count). The van der Waals surface area contributed by atoms with E-state index in [9.17, 15) is 43.5 Å². The number of rotatable bonds is 19. The quantitative estimate of drug-likeness (QED) is 0.0452. The molecule has 0 saturated carbocycles. The van der Waals surface area contributed by atoms with Crippen molar-refractivity contribution in [1.82, 2.24) is 25.8 Å². The van der Waals surface area contributed by atoms with Gasteiger partial charge in [-0.3, -0.25) is 24.5 Å². The largest absolute Gasteiger partial charge is 0.495 e. The van der Waals surface area contributed by atoms with E-state index in [1.54, 1.807) is 76.2 Å². The third-order valence-corrected chi connectivity index (χ3v) is 15.1. The van der Waals surface area contributed by atoms with Crippen LogP contribution in [-0.2, 0) is 60.7 Å². The number of allylic oxidation sites excluding steroid dienone is 3. The second kappa shape index (κ2) is 27.9. The molecule has 2 aromatic carbocycles. The molecule has 8 amide bonds. The number of anilines is 2. The van der Waals surface area contributed by atoms with Crippen LogP contribution in [0.2, 0.25) is 5.02 Å². The fourth-order valence-electron chi connectivity index (χ4n) is 9.28. The molecule has 0 radical (unpaired) electrons. The summed E-state index contributed by atoms with van der Waals surface area (Å²) in [6, 6.07) is 6.23. The van der Waals surface area contributed by atoms with E-state index in [4.69, 9.17) is 51.5 Å². The van der Waals surface area contributed by atoms with Gasteiger partial charge in [0.15, 0.2) is 5.72 Å². The standard InChI is InChI=1S/C55H78ClN9O15/c1-30(2)46(57)49(69)61-37(15-13-22-59-51(58)71)48(68)60-36-19-17-34(18-20-36)29-77-53(73)63(7)23-21-43(66)64(8)33(5)50(70)79-42-27-44(67)65(9)38-25-35(26-39(75-10)45(38)56)24-31(3)14-12-16-41(76-11)55(74)28-40(78-52(72)62-55)32(4)47-54(42,6)80-47/h12,14,16-20,25-26,30,32-33,37,40-42,46-47,74H,13,15,21-24,27-29,57H2,1-11H3,(H,60,68)(H,61,69)(H,62,72)(H3,58,59,71)/b16-12+,31-14+/t32-,33+,37+,40+,41-,42-,46+,47+,54+,55+/m1/s1. The van der Waals surface area contributed by atoms with Gasteiger partial charge in [0.25, 0.3) is 0 Å². The molecule has 10 atom stereocenters. The van der Waals surface area contributed by atoms with Crippen molar-refractivity contribution in [3.05, 3.63) is 76.3 Å². The Hall–Kier alpha value is -6.99. The summed E-state index contributed by atoms with van der Waals surface area (Å²) in [5, 5.41) is 22.4. The number of halogens is 1. The lowest BCUT2D eigenvalue weighted by atomic mass is 9.83. The lowest BCUT2D eigenvalue weighted by Crippen LogP contribution is -2.63. The number of carbonyl (C=O) groups is 8. The predicted octanol–water partition coefficient (Wildman–Crippen LogP) is 4.03. The molecule has 0 aromatic heterocycles. The molecular formula is C55H78ClN9O15. The SMILES string of the molecule is COc1cc2cc(c1Cl)N(C)C(=O)C[C@@H](OC(=O)[C@H](C)N(C)C(=O)CCN(C)C(=O)OCc1ccc(NC(=O)[C@H](CCCNC(N)=O)NC(=O)[C@@H](N)C(C)C)cc1)[C@]1(C)O[C@H]1[C@H](C)[C@@H]1C[C@@](O)(NC(=O)O1)[C@H](OC)/C=C/C=C(\C)C2. The second-order valence-corrected chi connectivity index (χ2v) is 21.5. The van der Waals surface area contributed by atoms with Gasteiger partial charge in [-0.05, 0) is 81.3 Å². The summed E-state index contributed by atoms with van der Waals surface area (Å²) < 4.78 is 34.9. The number of aliphatic hydroxyl groups is 1. The predicted molar refractivity (Wildman–Crippen MR) is 295 cm³/mol. The first kappa shape index (κ1) is 63.8. The first-order valence-corrected chi connectivity index (χ1v) is 26.7. The second-order valence-electron chi connectivity index (χ2n) is 21.1. The summed E-state index contributed by atoms with van der Waals surface area (Å²) in [4.78, 5) is 109. The molecule has 4 bridgehead atoms. The molecule has 440 valence electrons. The molecule has 3 aliphatic rings. The van der Waals surface area contributed by atoms with Crippen LogP contribution >= 0.6 is 11.6 Å². The maximum absolute atomic E-state index is 14.4. The zero-order valence-electron chi connectivity index (χ0n) is 47.3. The molecule has 25 heteroatoms. The number of alkyl carbamates (subject to hydrolysis) is 1. The van der Waals surface area contributed by atoms with Crippen LogP contribution in [0.15, 0.2) is 60.2 Å². The molecule has 0 spiro atoms. The van der Waals surface area contributed by atoms with Crippen LogP contribution in [0, 0.1) is 11.8 Å². The maximum atomic E-state index is 14.4. The number of amides is 8. The normalized spacial score (nSPS) is 25.1. The number of nitrogens with one attached hydrogen (secondary N) is 4. The van der Waals surface area contributed by atoms with Gasteiger partial charge in [0.1, 0.15) is 53.4 Å². The van der Waals surface area contributed by atoms with E-state index in [1.807, 2.05) is 13.0 Å². The molecule has 2 saturated heterocycles. The van der Waals surface area contributed by atoms with Gasteiger partial charge in [0.2, 0.25) is 23.6 Å². The van der Waals surface area contributed by atoms with E-state index in [0.29, 0.717) is 35.5 Å². The van der Waals surface area contributed by atoms with Crippen LogP contribution < -0.4 is 42.4 Å². The Kier molecular flexibility index (Phi) is 22.3. The van der Waals surface area contributed by atoms with Crippen molar-refractivity contribution in [3.8, 4) is 5.75 Å². The van der Waals surface area contributed by atoms with E-state index >= 15 is 0 Å². The topological polar surface area (TPSA) is 325 Å². The number of nitrogens with two attached hydrogens (primary N) is 2. The number of likely N-dealkylation sites (N-methyl/N-ethyl adjacent to an activating group) is 1. The van der Waals surface area contributed by atoms with Crippen molar-refractivity contribution >= 4 is 70.8 Å². The number of methoxy groups -OCH3 is 2. The van der Waals surface area contributed by atoms with Crippen molar-refractivity contribution in [1.29, 1.82) is 0 Å².